The van der Waals surface area contributed by atoms with Gasteiger partial charge in [-0.2, -0.15) is 0 Å². The quantitative estimate of drug-likeness (QED) is 0.709. The zero-order valence-corrected chi connectivity index (χ0v) is 15.9. The lowest BCUT2D eigenvalue weighted by molar-refractivity contribution is 0.102. The lowest BCUT2D eigenvalue weighted by atomic mass is 9.95. The largest absolute Gasteiger partial charge is 0.298 e. The van der Waals surface area contributed by atoms with Crippen molar-refractivity contribution in [2.24, 2.45) is 0 Å². The number of hydrogen-bond donors (Lipinski definition) is 1. The van der Waals surface area contributed by atoms with Crippen LogP contribution in [0.2, 0.25) is 0 Å². The van der Waals surface area contributed by atoms with Crippen LogP contribution in [0, 0.1) is 0 Å². The molecular formula is C21H22N4OS. The predicted octanol–water partition coefficient (Wildman–Crippen LogP) is 4.52. The molecule has 1 N–H and O–H groups in total. The van der Waals surface area contributed by atoms with Gasteiger partial charge in [-0.25, -0.2) is 4.98 Å². The summed E-state index contributed by atoms with van der Waals surface area (Å²) in [6.07, 6.45) is 9.08. The van der Waals surface area contributed by atoms with Crippen molar-refractivity contribution < 1.29 is 4.79 Å². The third-order valence-corrected chi connectivity index (χ3v) is 5.60. The average molecular weight is 379 g/mol. The van der Waals surface area contributed by atoms with Gasteiger partial charge in [0.25, 0.3) is 5.91 Å². The number of rotatable bonds is 5. The first kappa shape index (κ1) is 17.8. The molecule has 0 spiro atoms. The molecule has 1 saturated heterocycles. The van der Waals surface area contributed by atoms with Gasteiger partial charge in [0.05, 0.1) is 0 Å². The Labute approximate surface area is 163 Å². The zero-order valence-electron chi connectivity index (χ0n) is 15.0. The second kappa shape index (κ2) is 8.41. The minimum Gasteiger partial charge on any atom is -0.298 e. The van der Waals surface area contributed by atoms with Crippen LogP contribution in [0.25, 0.3) is 0 Å². The fraction of sp³-hybridized carbons (Fsp3) is 0.286. The Hall–Kier alpha value is -2.57. The van der Waals surface area contributed by atoms with Gasteiger partial charge in [-0.1, -0.05) is 24.6 Å². The van der Waals surface area contributed by atoms with E-state index in [2.05, 4.69) is 32.3 Å². The lowest BCUT2D eigenvalue weighted by Gasteiger charge is -2.36. The number of pyridine rings is 1. The van der Waals surface area contributed by atoms with Crippen LogP contribution in [0.15, 0.2) is 60.4 Å². The Kier molecular flexibility index (Phi) is 5.55. The van der Waals surface area contributed by atoms with E-state index in [4.69, 9.17) is 0 Å². The van der Waals surface area contributed by atoms with Crippen molar-refractivity contribution in [3.63, 3.8) is 0 Å². The van der Waals surface area contributed by atoms with E-state index in [0.29, 0.717) is 16.7 Å². The topological polar surface area (TPSA) is 58.1 Å². The molecule has 1 amide bonds. The molecule has 1 aromatic carbocycles. The molecule has 138 valence electrons. The molecule has 2 aromatic heterocycles. The Balaban J connectivity index is 1.49. The number of thiazole rings is 1. The number of aromatic nitrogens is 2. The van der Waals surface area contributed by atoms with Gasteiger partial charge in [-0.15, -0.1) is 11.3 Å². The summed E-state index contributed by atoms with van der Waals surface area (Å²) in [5, 5.41) is 5.32. The molecule has 4 rings (SSSR count). The molecule has 0 saturated carbocycles. The number of nitrogens with zero attached hydrogens (tertiary/aromatic N) is 3. The van der Waals surface area contributed by atoms with E-state index in [9.17, 15) is 4.79 Å². The normalized spacial score (nSPS) is 17.6. The number of amides is 1. The van der Waals surface area contributed by atoms with E-state index in [1.165, 1.54) is 29.7 Å². The van der Waals surface area contributed by atoms with Crippen LogP contribution < -0.4 is 5.32 Å². The molecular weight excluding hydrogens is 356 g/mol. The molecule has 27 heavy (non-hydrogen) atoms. The summed E-state index contributed by atoms with van der Waals surface area (Å²) in [7, 11) is 0. The van der Waals surface area contributed by atoms with Crippen LogP contribution in [0.1, 0.15) is 46.8 Å². The third-order valence-electron chi connectivity index (χ3n) is 4.91. The Bertz CT molecular complexity index is 882. The number of benzene rings is 1. The number of carbonyl (C=O) groups excluding carboxylic acids is 1. The van der Waals surface area contributed by atoms with Gasteiger partial charge in [0.1, 0.15) is 0 Å². The van der Waals surface area contributed by atoms with E-state index < -0.39 is 0 Å². The van der Waals surface area contributed by atoms with Crippen molar-refractivity contribution in [1.29, 1.82) is 0 Å². The van der Waals surface area contributed by atoms with Gasteiger partial charge >= 0.3 is 0 Å². The minimum absolute atomic E-state index is 0.116. The van der Waals surface area contributed by atoms with Gasteiger partial charge < -0.3 is 0 Å². The molecule has 1 aliphatic heterocycles. The fourth-order valence-electron chi connectivity index (χ4n) is 3.63. The molecule has 1 aliphatic rings. The first-order chi connectivity index (χ1) is 13.3. The molecule has 3 aromatic rings. The van der Waals surface area contributed by atoms with Crippen molar-refractivity contribution in [3.8, 4) is 0 Å². The molecule has 3 heterocycles. The SMILES string of the molecule is O=C(Nc1nccs1)c1cccc(CN2CCCCC2c2cccnc2)c1. The summed E-state index contributed by atoms with van der Waals surface area (Å²) in [6, 6.07) is 12.4. The Morgan fingerprint density at radius 1 is 1.22 bits per heavy atom. The van der Waals surface area contributed by atoms with Gasteiger partial charge in [-0.05, 0) is 48.7 Å². The maximum absolute atomic E-state index is 12.5. The molecule has 0 bridgehead atoms. The van der Waals surface area contributed by atoms with Crippen molar-refractivity contribution in [3.05, 3.63) is 77.1 Å². The molecule has 6 heteroatoms. The summed E-state index contributed by atoms with van der Waals surface area (Å²) < 4.78 is 0. The smallest absolute Gasteiger partial charge is 0.257 e. The minimum atomic E-state index is -0.116. The molecule has 0 aliphatic carbocycles. The number of anilines is 1. The second-order valence-electron chi connectivity index (χ2n) is 6.76. The highest BCUT2D eigenvalue weighted by Crippen LogP contribution is 2.31. The fourth-order valence-corrected chi connectivity index (χ4v) is 4.15. The standard InChI is InChI=1S/C21H22N4OS/c26-20(24-21-23-10-12-27-21)17-6-3-5-16(13-17)15-25-11-2-1-8-19(25)18-7-4-9-22-14-18/h3-7,9-10,12-14,19H,1-2,8,11,15H2,(H,23,24,26). The van der Waals surface area contributed by atoms with Crippen molar-refractivity contribution >= 4 is 22.4 Å². The third kappa shape index (κ3) is 4.40. The summed E-state index contributed by atoms with van der Waals surface area (Å²) in [4.78, 5) is 23.4. The molecule has 0 radical (unpaired) electrons. The highest BCUT2D eigenvalue weighted by molar-refractivity contribution is 7.13. The van der Waals surface area contributed by atoms with Gasteiger partial charge in [0, 0.05) is 42.1 Å². The van der Waals surface area contributed by atoms with E-state index in [1.54, 1.807) is 6.20 Å². The Morgan fingerprint density at radius 2 is 2.19 bits per heavy atom. The van der Waals surface area contributed by atoms with E-state index in [1.807, 2.05) is 42.0 Å². The number of likely N-dealkylation sites (tertiary alicyclic amines) is 1. The summed E-state index contributed by atoms with van der Waals surface area (Å²) in [6.45, 7) is 1.90. The first-order valence-corrected chi connectivity index (χ1v) is 10.1. The van der Waals surface area contributed by atoms with Crippen LogP contribution in [-0.4, -0.2) is 27.3 Å². The van der Waals surface area contributed by atoms with E-state index in [0.717, 1.165) is 25.1 Å². The number of carbonyl (C=O) groups is 1. The van der Waals surface area contributed by atoms with Crippen LogP contribution in [0.5, 0.6) is 0 Å². The molecule has 1 unspecified atom stereocenters. The van der Waals surface area contributed by atoms with Gasteiger partial charge in [0.2, 0.25) is 0 Å². The number of nitrogens with one attached hydrogen (secondary N) is 1. The summed E-state index contributed by atoms with van der Waals surface area (Å²) in [5.41, 5.74) is 3.09. The molecule has 1 atom stereocenters. The van der Waals surface area contributed by atoms with Crippen LogP contribution in [-0.2, 0) is 6.54 Å². The number of hydrogen-bond acceptors (Lipinski definition) is 5. The van der Waals surface area contributed by atoms with Crippen molar-refractivity contribution in [1.82, 2.24) is 14.9 Å². The average Bonchev–Trinajstić information content (AvgIpc) is 3.22. The summed E-state index contributed by atoms with van der Waals surface area (Å²) in [5.74, 6) is -0.116. The van der Waals surface area contributed by atoms with Gasteiger partial charge in [0.15, 0.2) is 5.13 Å². The van der Waals surface area contributed by atoms with Crippen LogP contribution in [0.3, 0.4) is 0 Å². The number of piperidine rings is 1. The highest BCUT2D eigenvalue weighted by atomic mass is 32.1. The predicted molar refractivity (Wildman–Crippen MR) is 108 cm³/mol. The summed E-state index contributed by atoms with van der Waals surface area (Å²) >= 11 is 1.42. The zero-order chi connectivity index (χ0) is 18.5. The monoisotopic (exact) mass is 378 g/mol. The Morgan fingerprint density at radius 3 is 3.00 bits per heavy atom. The second-order valence-corrected chi connectivity index (χ2v) is 7.65. The van der Waals surface area contributed by atoms with Crippen LogP contribution >= 0.6 is 11.3 Å². The van der Waals surface area contributed by atoms with E-state index >= 15 is 0 Å². The van der Waals surface area contributed by atoms with Crippen molar-refractivity contribution in [2.75, 3.05) is 11.9 Å². The first-order valence-electron chi connectivity index (χ1n) is 9.23. The molecule has 1 fully saturated rings. The van der Waals surface area contributed by atoms with Crippen molar-refractivity contribution in [2.45, 2.75) is 31.8 Å². The highest BCUT2D eigenvalue weighted by Gasteiger charge is 2.24. The maximum atomic E-state index is 12.5. The van der Waals surface area contributed by atoms with Crippen LogP contribution in [0.4, 0.5) is 5.13 Å². The lowest BCUT2D eigenvalue weighted by Crippen LogP contribution is -2.33. The maximum Gasteiger partial charge on any atom is 0.257 e. The van der Waals surface area contributed by atoms with E-state index in [-0.39, 0.29) is 5.91 Å². The molecule has 5 nitrogen and oxygen atoms in total. The van der Waals surface area contributed by atoms with Gasteiger partial charge in [-0.3, -0.25) is 20.0 Å².